The highest BCUT2D eigenvalue weighted by Gasteiger charge is 2.19. The molecule has 0 saturated heterocycles. The van der Waals surface area contributed by atoms with Crippen molar-refractivity contribution in [3.05, 3.63) is 11.6 Å². The molecule has 1 aliphatic rings. The molecule has 2 nitrogen and oxygen atoms in total. The molecular weight excluding hydrogens is 200 g/mol. The van der Waals surface area contributed by atoms with Crippen molar-refractivity contribution in [2.75, 3.05) is 7.11 Å². The minimum atomic E-state index is -0.196. The third-order valence-corrected chi connectivity index (χ3v) is 3.52. The van der Waals surface area contributed by atoms with Crippen molar-refractivity contribution in [3.8, 4) is 0 Å². The Labute approximate surface area is 99.7 Å². The molecule has 16 heavy (non-hydrogen) atoms. The van der Waals surface area contributed by atoms with Crippen LogP contribution in [0.2, 0.25) is 0 Å². The van der Waals surface area contributed by atoms with Gasteiger partial charge in [0, 0.05) is 7.11 Å². The van der Waals surface area contributed by atoms with Crippen LogP contribution in [0.3, 0.4) is 0 Å². The topological polar surface area (TPSA) is 29.5 Å². The number of aliphatic hydroxyl groups excluding tert-OH is 1. The first-order valence-electron chi connectivity index (χ1n) is 6.44. The zero-order valence-electron chi connectivity index (χ0n) is 11.0. The highest BCUT2D eigenvalue weighted by atomic mass is 16.5. The van der Waals surface area contributed by atoms with Gasteiger partial charge in [0.25, 0.3) is 0 Å². The molecule has 0 bridgehead atoms. The smallest absolute Gasteiger partial charge is 0.0623 e. The summed E-state index contributed by atoms with van der Waals surface area (Å²) in [6, 6.07) is 0. The quantitative estimate of drug-likeness (QED) is 0.703. The van der Waals surface area contributed by atoms with Crippen molar-refractivity contribution in [1.82, 2.24) is 0 Å². The number of allylic oxidation sites excluding steroid dienone is 1. The van der Waals surface area contributed by atoms with Gasteiger partial charge in [-0.3, -0.25) is 0 Å². The van der Waals surface area contributed by atoms with Crippen molar-refractivity contribution < 1.29 is 9.84 Å². The molecule has 1 N–H and O–H groups in total. The number of hydrogen-bond acceptors (Lipinski definition) is 2. The molecule has 2 heteroatoms. The summed E-state index contributed by atoms with van der Waals surface area (Å²) in [5.41, 5.74) is 1.34. The van der Waals surface area contributed by atoms with Gasteiger partial charge >= 0.3 is 0 Å². The lowest BCUT2D eigenvalue weighted by Crippen LogP contribution is -2.24. The van der Waals surface area contributed by atoms with Gasteiger partial charge in [-0.2, -0.15) is 0 Å². The molecule has 0 aromatic carbocycles. The fourth-order valence-electron chi connectivity index (χ4n) is 2.11. The second kappa shape index (κ2) is 6.41. The number of ether oxygens (including phenoxy) is 1. The summed E-state index contributed by atoms with van der Waals surface area (Å²) in [5, 5.41) is 9.96. The monoisotopic (exact) mass is 226 g/mol. The minimum Gasteiger partial charge on any atom is -0.393 e. The van der Waals surface area contributed by atoms with Gasteiger partial charge in [-0.25, -0.2) is 0 Å². The van der Waals surface area contributed by atoms with Crippen LogP contribution in [-0.4, -0.2) is 23.9 Å². The van der Waals surface area contributed by atoms with Gasteiger partial charge in [0.05, 0.1) is 11.7 Å². The molecule has 94 valence electrons. The Bertz CT molecular complexity index is 231. The highest BCUT2D eigenvalue weighted by molar-refractivity contribution is 5.06. The lowest BCUT2D eigenvalue weighted by molar-refractivity contribution is 0.00298. The van der Waals surface area contributed by atoms with Gasteiger partial charge in [0.2, 0.25) is 0 Å². The van der Waals surface area contributed by atoms with Gasteiger partial charge in [-0.1, -0.05) is 11.6 Å². The van der Waals surface area contributed by atoms with Crippen LogP contribution in [0.15, 0.2) is 11.6 Å². The summed E-state index contributed by atoms with van der Waals surface area (Å²) in [6.07, 6.45) is 9.72. The summed E-state index contributed by atoms with van der Waals surface area (Å²) in [7, 11) is 1.73. The molecule has 0 heterocycles. The summed E-state index contributed by atoms with van der Waals surface area (Å²) in [6.45, 7) is 4.14. The van der Waals surface area contributed by atoms with Crippen LogP contribution in [0.1, 0.15) is 58.8 Å². The van der Waals surface area contributed by atoms with Crippen molar-refractivity contribution >= 4 is 0 Å². The van der Waals surface area contributed by atoms with Gasteiger partial charge in [0.15, 0.2) is 0 Å². The molecular formula is C14H26O2. The Morgan fingerprint density at radius 1 is 1.44 bits per heavy atom. The first kappa shape index (κ1) is 13.7. The molecule has 1 unspecified atom stereocenters. The number of aliphatic hydroxyl groups is 1. The molecule has 0 fully saturated rings. The van der Waals surface area contributed by atoms with Crippen LogP contribution in [0.25, 0.3) is 0 Å². The summed E-state index contributed by atoms with van der Waals surface area (Å²) in [5.74, 6) is 0. The van der Waals surface area contributed by atoms with Crippen LogP contribution in [0.4, 0.5) is 0 Å². The first-order valence-corrected chi connectivity index (χ1v) is 6.44. The Morgan fingerprint density at radius 2 is 2.19 bits per heavy atom. The minimum absolute atomic E-state index is 0.109. The van der Waals surface area contributed by atoms with E-state index in [0.29, 0.717) is 0 Å². The first-order chi connectivity index (χ1) is 7.53. The molecule has 0 aromatic rings. The van der Waals surface area contributed by atoms with Gasteiger partial charge in [0.1, 0.15) is 0 Å². The molecule has 1 atom stereocenters. The molecule has 0 radical (unpaired) electrons. The maximum absolute atomic E-state index is 9.96. The zero-order chi connectivity index (χ0) is 12.0. The van der Waals surface area contributed by atoms with Crippen LogP contribution >= 0.6 is 0 Å². The second-order valence-corrected chi connectivity index (χ2v) is 5.47. The third kappa shape index (κ3) is 5.13. The van der Waals surface area contributed by atoms with Crippen LogP contribution in [0.5, 0.6) is 0 Å². The zero-order valence-corrected chi connectivity index (χ0v) is 11.0. The number of rotatable bonds is 6. The van der Waals surface area contributed by atoms with E-state index in [1.165, 1.54) is 31.3 Å². The summed E-state index contributed by atoms with van der Waals surface area (Å²) >= 11 is 0. The third-order valence-electron chi connectivity index (χ3n) is 3.52. The lowest BCUT2D eigenvalue weighted by atomic mass is 9.92. The van der Waals surface area contributed by atoms with Crippen molar-refractivity contribution in [3.63, 3.8) is 0 Å². The average Bonchev–Trinajstić information content (AvgIpc) is 2.28. The SMILES string of the molecule is COC(C)(C)CCC(O)CC1=CCCCC1. The Kier molecular flexibility index (Phi) is 5.50. The second-order valence-electron chi connectivity index (χ2n) is 5.47. The average molecular weight is 226 g/mol. The number of methoxy groups -OCH3 is 1. The van der Waals surface area contributed by atoms with E-state index in [1.54, 1.807) is 7.11 Å². The molecule has 0 aromatic heterocycles. The van der Waals surface area contributed by atoms with Crippen LogP contribution in [-0.2, 0) is 4.74 Å². The summed E-state index contributed by atoms with van der Waals surface area (Å²) < 4.78 is 5.35. The van der Waals surface area contributed by atoms with E-state index < -0.39 is 0 Å². The van der Waals surface area contributed by atoms with Crippen LogP contribution in [0, 0.1) is 0 Å². The molecule has 0 amide bonds. The van der Waals surface area contributed by atoms with Gasteiger partial charge < -0.3 is 9.84 Å². The molecule has 0 saturated carbocycles. The predicted octanol–water partition coefficient (Wildman–Crippen LogP) is 3.44. The van der Waals surface area contributed by atoms with Crippen LogP contribution < -0.4 is 0 Å². The number of hydrogen-bond donors (Lipinski definition) is 1. The van der Waals surface area contributed by atoms with E-state index in [4.69, 9.17) is 4.74 Å². The van der Waals surface area contributed by atoms with Gasteiger partial charge in [-0.05, 0) is 58.8 Å². The van der Waals surface area contributed by atoms with Gasteiger partial charge in [-0.15, -0.1) is 0 Å². The van der Waals surface area contributed by atoms with E-state index in [9.17, 15) is 5.11 Å². The predicted molar refractivity (Wildman–Crippen MR) is 67.5 cm³/mol. The Morgan fingerprint density at radius 3 is 2.75 bits per heavy atom. The van der Waals surface area contributed by atoms with Crippen molar-refractivity contribution in [2.24, 2.45) is 0 Å². The van der Waals surface area contributed by atoms with E-state index in [0.717, 1.165) is 19.3 Å². The molecule has 1 rings (SSSR count). The van der Waals surface area contributed by atoms with E-state index >= 15 is 0 Å². The fraction of sp³-hybridized carbons (Fsp3) is 0.857. The molecule has 0 aliphatic heterocycles. The normalized spacial score (nSPS) is 19.4. The lowest BCUT2D eigenvalue weighted by Gasteiger charge is -2.24. The summed E-state index contributed by atoms with van der Waals surface area (Å²) in [4.78, 5) is 0. The van der Waals surface area contributed by atoms with E-state index in [2.05, 4.69) is 19.9 Å². The van der Waals surface area contributed by atoms with E-state index in [-0.39, 0.29) is 11.7 Å². The Balaban J connectivity index is 2.25. The Hall–Kier alpha value is -0.340. The highest BCUT2D eigenvalue weighted by Crippen LogP contribution is 2.24. The van der Waals surface area contributed by atoms with Crippen molar-refractivity contribution in [1.29, 1.82) is 0 Å². The van der Waals surface area contributed by atoms with E-state index in [1.807, 2.05) is 0 Å². The van der Waals surface area contributed by atoms with Crippen molar-refractivity contribution in [2.45, 2.75) is 70.5 Å². The maximum atomic E-state index is 9.96. The fourth-order valence-corrected chi connectivity index (χ4v) is 2.11. The molecule has 0 spiro atoms. The largest absolute Gasteiger partial charge is 0.393 e. The maximum Gasteiger partial charge on any atom is 0.0623 e. The molecule has 1 aliphatic carbocycles. The standard InChI is InChI=1S/C14H26O2/c1-14(2,16-3)10-9-13(15)11-12-7-5-4-6-8-12/h7,13,15H,4-6,8-11H2,1-3H3.